The predicted molar refractivity (Wildman–Crippen MR) is 232 cm³/mol. The average Bonchev–Trinajstić information content (AvgIpc) is 3.82. The molecule has 1 N–H and O–H groups in total. The summed E-state index contributed by atoms with van der Waals surface area (Å²) in [5.74, 6) is 0. The molecule has 2 aromatic heterocycles. The number of benzene rings is 8. The summed E-state index contributed by atoms with van der Waals surface area (Å²) in [6, 6.07) is 68.7. The fourth-order valence-electron chi connectivity index (χ4n) is 8.37. The Morgan fingerprint density at radius 3 is 1.88 bits per heavy atom. The molecule has 0 bridgehead atoms. The van der Waals surface area contributed by atoms with Crippen LogP contribution in [0, 0.1) is 0 Å². The molecule has 1 unspecified atom stereocenters. The number of para-hydroxylation sites is 2. The normalized spacial score (nSPS) is 14.2. The van der Waals surface area contributed by atoms with Crippen LogP contribution in [0.5, 0.6) is 0 Å². The Morgan fingerprint density at radius 2 is 1.05 bits per heavy atom. The molecular formula is C52H35N3O. The molecule has 1 aliphatic heterocycles. The van der Waals surface area contributed by atoms with Gasteiger partial charge < -0.3 is 14.3 Å². The molecule has 0 fully saturated rings. The van der Waals surface area contributed by atoms with Crippen LogP contribution >= 0.6 is 0 Å². The molecule has 3 heterocycles. The van der Waals surface area contributed by atoms with E-state index in [0.29, 0.717) is 0 Å². The van der Waals surface area contributed by atoms with Crippen molar-refractivity contribution in [3.05, 3.63) is 217 Å². The number of nitrogens with zero attached hydrogens (tertiary/aromatic N) is 2. The summed E-state index contributed by atoms with van der Waals surface area (Å²) in [7, 11) is 0. The Morgan fingerprint density at radius 1 is 0.446 bits per heavy atom. The molecule has 0 amide bonds. The molecule has 264 valence electrons. The molecule has 1 aliphatic rings. The standard InChI is InChI=1S/C52H35N3O/c1-3-13-34(14-4-1)36-25-27-37(28-26-36)45-33-46(39-18-11-17-38(31-39)35-15-5-2-6-16-35)54-52(53-45)43-21-12-23-48-51(43)42-20-7-9-22-47(42)55(48)40-29-30-50-44(32-40)41-19-8-10-24-49(41)56-50/h1-33,52-53H. The topological polar surface area (TPSA) is 42.5 Å². The lowest BCUT2D eigenvalue weighted by molar-refractivity contribution is 0.669. The van der Waals surface area contributed by atoms with Gasteiger partial charge in [-0.25, -0.2) is 0 Å². The Balaban J connectivity index is 1.08. The van der Waals surface area contributed by atoms with Gasteiger partial charge in [0.15, 0.2) is 0 Å². The summed E-state index contributed by atoms with van der Waals surface area (Å²) in [6.07, 6.45) is 1.86. The number of aliphatic imine (C=N–C) groups is 1. The molecule has 0 aliphatic carbocycles. The van der Waals surface area contributed by atoms with Gasteiger partial charge in [0.25, 0.3) is 0 Å². The number of hydrogen-bond acceptors (Lipinski definition) is 3. The van der Waals surface area contributed by atoms with Crippen molar-refractivity contribution in [3.63, 3.8) is 0 Å². The van der Waals surface area contributed by atoms with Crippen LogP contribution in [0.2, 0.25) is 0 Å². The molecular weight excluding hydrogens is 683 g/mol. The minimum absolute atomic E-state index is 0.345. The second-order valence-corrected chi connectivity index (χ2v) is 14.4. The van der Waals surface area contributed by atoms with Gasteiger partial charge in [0.05, 0.1) is 16.7 Å². The lowest BCUT2D eigenvalue weighted by atomic mass is 9.96. The molecule has 4 heteroatoms. The third-order valence-corrected chi connectivity index (χ3v) is 11.1. The van der Waals surface area contributed by atoms with Crippen molar-refractivity contribution < 1.29 is 4.42 Å². The van der Waals surface area contributed by atoms with Crippen molar-refractivity contribution in [3.8, 4) is 27.9 Å². The van der Waals surface area contributed by atoms with Gasteiger partial charge in [-0.15, -0.1) is 0 Å². The highest BCUT2D eigenvalue weighted by atomic mass is 16.3. The maximum absolute atomic E-state index is 6.22. The van der Waals surface area contributed by atoms with Gasteiger partial charge in [-0.3, -0.25) is 4.99 Å². The van der Waals surface area contributed by atoms with E-state index in [-0.39, 0.29) is 6.17 Å². The molecule has 1 atom stereocenters. The van der Waals surface area contributed by atoms with Crippen LogP contribution in [0.15, 0.2) is 210 Å². The van der Waals surface area contributed by atoms with E-state index in [9.17, 15) is 0 Å². The van der Waals surface area contributed by atoms with E-state index in [1.54, 1.807) is 0 Å². The minimum Gasteiger partial charge on any atom is -0.456 e. The molecule has 0 saturated carbocycles. The van der Waals surface area contributed by atoms with Gasteiger partial charge in [0.1, 0.15) is 17.3 Å². The van der Waals surface area contributed by atoms with Crippen LogP contribution in [0.3, 0.4) is 0 Å². The number of aromatic nitrogens is 1. The third kappa shape index (κ3) is 5.42. The molecule has 0 radical (unpaired) electrons. The SMILES string of the molecule is C1=C(c2ccc(-c3ccccc3)cc2)NC(c2cccc3c2c2ccccc2n3-c2ccc3oc4ccccc4c3c2)N=C1c1cccc(-c2ccccc2)c1. The van der Waals surface area contributed by atoms with Crippen molar-refractivity contribution >= 4 is 55.2 Å². The second-order valence-electron chi connectivity index (χ2n) is 14.4. The van der Waals surface area contributed by atoms with Crippen LogP contribution in [0.25, 0.3) is 77.4 Å². The van der Waals surface area contributed by atoms with Gasteiger partial charge in [0.2, 0.25) is 0 Å². The highest BCUT2D eigenvalue weighted by Gasteiger charge is 2.25. The maximum atomic E-state index is 6.22. The van der Waals surface area contributed by atoms with Gasteiger partial charge in [-0.2, -0.15) is 0 Å². The average molecular weight is 718 g/mol. The van der Waals surface area contributed by atoms with Gasteiger partial charge in [0, 0.05) is 44.1 Å². The third-order valence-electron chi connectivity index (χ3n) is 11.1. The summed E-state index contributed by atoms with van der Waals surface area (Å²) in [5.41, 5.74) is 15.1. The molecule has 11 rings (SSSR count). The monoisotopic (exact) mass is 717 g/mol. The number of hydrogen-bond donors (Lipinski definition) is 1. The van der Waals surface area contributed by atoms with Gasteiger partial charge in [-0.1, -0.05) is 152 Å². The highest BCUT2D eigenvalue weighted by molar-refractivity contribution is 6.15. The molecule has 0 spiro atoms. The van der Waals surface area contributed by atoms with E-state index in [1.165, 1.54) is 27.5 Å². The minimum atomic E-state index is -0.345. The lowest BCUT2D eigenvalue weighted by Crippen LogP contribution is -2.25. The van der Waals surface area contributed by atoms with E-state index in [1.807, 2.05) is 12.1 Å². The molecule has 4 nitrogen and oxygen atoms in total. The quantitative estimate of drug-likeness (QED) is 0.186. The van der Waals surface area contributed by atoms with Crippen LogP contribution in [-0.2, 0) is 0 Å². The molecule has 56 heavy (non-hydrogen) atoms. The smallest absolute Gasteiger partial charge is 0.146 e. The van der Waals surface area contributed by atoms with Crippen LogP contribution in [0.1, 0.15) is 22.9 Å². The summed E-state index contributed by atoms with van der Waals surface area (Å²) in [4.78, 5) is 5.51. The highest BCUT2D eigenvalue weighted by Crippen LogP contribution is 2.40. The fraction of sp³-hybridized carbons (Fsp3) is 0.0192. The van der Waals surface area contributed by atoms with Crippen molar-refractivity contribution in [2.24, 2.45) is 4.99 Å². The van der Waals surface area contributed by atoms with Crippen molar-refractivity contribution in [1.82, 2.24) is 9.88 Å². The first kappa shape index (κ1) is 32.0. The van der Waals surface area contributed by atoms with Crippen LogP contribution in [-0.4, -0.2) is 10.3 Å². The number of allylic oxidation sites excluding steroid dienone is 1. The largest absolute Gasteiger partial charge is 0.456 e. The number of rotatable bonds is 6. The second kappa shape index (κ2) is 13.2. The molecule has 0 saturated heterocycles. The summed E-state index contributed by atoms with van der Waals surface area (Å²) < 4.78 is 8.60. The first-order chi connectivity index (χ1) is 27.7. The zero-order chi connectivity index (χ0) is 37.0. The Hall–Kier alpha value is -7.43. The zero-order valence-electron chi connectivity index (χ0n) is 30.4. The Labute approximate surface area is 324 Å². The van der Waals surface area contributed by atoms with Crippen molar-refractivity contribution in [2.45, 2.75) is 6.17 Å². The first-order valence-corrected chi connectivity index (χ1v) is 19.1. The molecule has 8 aromatic carbocycles. The van der Waals surface area contributed by atoms with Crippen LogP contribution in [0.4, 0.5) is 0 Å². The van der Waals surface area contributed by atoms with E-state index in [0.717, 1.165) is 72.3 Å². The van der Waals surface area contributed by atoms with Crippen LogP contribution < -0.4 is 5.32 Å². The lowest BCUT2D eigenvalue weighted by Gasteiger charge is -2.26. The van der Waals surface area contributed by atoms with E-state index < -0.39 is 0 Å². The summed E-state index contributed by atoms with van der Waals surface area (Å²) in [6.45, 7) is 0. The Kier molecular flexibility index (Phi) is 7.52. The van der Waals surface area contributed by atoms with E-state index >= 15 is 0 Å². The molecule has 10 aromatic rings. The van der Waals surface area contributed by atoms with Gasteiger partial charge in [-0.05, 0) is 76.4 Å². The van der Waals surface area contributed by atoms with Gasteiger partial charge >= 0.3 is 0 Å². The zero-order valence-corrected chi connectivity index (χ0v) is 30.4. The van der Waals surface area contributed by atoms with E-state index in [4.69, 9.17) is 9.41 Å². The maximum Gasteiger partial charge on any atom is 0.146 e. The van der Waals surface area contributed by atoms with Crippen molar-refractivity contribution in [1.29, 1.82) is 0 Å². The summed E-state index contributed by atoms with van der Waals surface area (Å²) in [5, 5.41) is 8.48. The fourth-order valence-corrected chi connectivity index (χ4v) is 8.37. The number of nitrogens with one attached hydrogen (secondary N) is 1. The Bertz CT molecular complexity index is 3150. The predicted octanol–water partition coefficient (Wildman–Crippen LogP) is 13.1. The first-order valence-electron chi connectivity index (χ1n) is 19.1. The number of furan rings is 1. The van der Waals surface area contributed by atoms with E-state index in [2.05, 4.69) is 198 Å². The number of fused-ring (bicyclic) bond motifs is 6. The summed E-state index contributed by atoms with van der Waals surface area (Å²) >= 11 is 0. The van der Waals surface area contributed by atoms with Crippen molar-refractivity contribution in [2.75, 3.05) is 0 Å².